The Labute approximate surface area is 195 Å². The molecule has 3 heterocycles. The summed E-state index contributed by atoms with van der Waals surface area (Å²) in [5.74, 6) is 1.58. The molecule has 0 aromatic heterocycles. The van der Waals surface area contributed by atoms with Crippen molar-refractivity contribution in [2.45, 2.75) is 18.9 Å². The molecule has 1 unspecified atom stereocenters. The van der Waals surface area contributed by atoms with Gasteiger partial charge in [-0.25, -0.2) is 8.78 Å². The van der Waals surface area contributed by atoms with E-state index in [0.29, 0.717) is 29.2 Å². The van der Waals surface area contributed by atoms with Gasteiger partial charge in [0.2, 0.25) is 6.79 Å². The zero-order chi connectivity index (χ0) is 23.4. The van der Waals surface area contributed by atoms with Gasteiger partial charge in [-0.1, -0.05) is 12.1 Å². The lowest BCUT2D eigenvalue weighted by atomic mass is 9.82. The zero-order valence-corrected chi connectivity index (χ0v) is 18.9. The Morgan fingerprint density at radius 2 is 1.82 bits per heavy atom. The highest BCUT2D eigenvalue weighted by Gasteiger charge is 2.34. The highest BCUT2D eigenvalue weighted by Crippen LogP contribution is 2.44. The molecule has 174 valence electrons. The van der Waals surface area contributed by atoms with Crippen molar-refractivity contribution in [2.75, 3.05) is 27.6 Å². The monoisotopic (exact) mass is 463 g/mol. The molecule has 0 amide bonds. The Kier molecular flexibility index (Phi) is 4.86. The highest BCUT2D eigenvalue weighted by molar-refractivity contribution is 5.67. The number of hydrogen-bond acceptors (Lipinski definition) is 5. The van der Waals surface area contributed by atoms with Gasteiger partial charge in [0.1, 0.15) is 11.6 Å². The number of rotatable bonds is 4. The van der Waals surface area contributed by atoms with Crippen LogP contribution in [-0.2, 0) is 12.8 Å². The molecule has 0 bridgehead atoms. The van der Waals surface area contributed by atoms with Gasteiger partial charge in [0.05, 0.1) is 20.3 Å². The van der Waals surface area contributed by atoms with Gasteiger partial charge < -0.3 is 23.8 Å². The molecule has 3 aromatic rings. The fourth-order valence-electron chi connectivity index (χ4n) is 5.29. The summed E-state index contributed by atoms with van der Waals surface area (Å²) in [5.41, 5.74) is 3.72. The third kappa shape index (κ3) is 3.18. The number of nitrogens with zero attached hydrogens (tertiary/aromatic N) is 1. The van der Waals surface area contributed by atoms with Crippen LogP contribution < -0.4 is 29.4 Å². The molecule has 3 aliphatic rings. The lowest BCUT2D eigenvalue weighted by molar-refractivity contribution is 0.174. The van der Waals surface area contributed by atoms with E-state index >= 15 is 0 Å². The quantitative estimate of drug-likeness (QED) is 0.593. The second-order valence-electron chi connectivity index (χ2n) is 8.62. The van der Waals surface area contributed by atoms with Crippen LogP contribution in [0.3, 0.4) is 0 Å². The van der Waals surface area contributed by atoms with Crippen LogP contribution in [0.25, 0.3) is 11.8 Å². The van der Waals surface area contributed by atoms with Crippen molar-refractivity contribution < 1.29 is 27.7 Å². The fourth-order valence-corrected chi connectivity index (χ4v) is 5.29. The Bertz CT molecular complexity index is 1440. The number of methoxy groups -OCH3 is 2. The van der Waals surface area contributed by atoms with Crippen molar-refractivity contribution in [2.24, 2.45) is 0 Å². The Morgan fingerprint density at radius 3 is 2.59 bits per heavy atom. The van der Waals surface area contributed by atoms with E-state index in [1.165, 1.54) is 17.7 Å². The summed E-state index contributed by atoms with van der Waals surface area (Å²) in [5, 5.41) is 1.84. The van der Waals surface area contributed by atoms with E-state index in [4.69, 9.17) is 18.9 Å². The maximum absolute atomic E-state index is 14.8. The largest absolute Gasteiger partial charge is 0.493 e. The molecule has 0 saturated heterocycles. The van der Waals surface area contributed by atoms with Gasteiger partial charge in [-0.3, -0.25) is 0 Å². The summed E-state index contributed by atoms with van der Waals surface area (Å²) in [7, 11) is 3.22. The van der Waals surface area contributed by atoms with Crippen molar-refractivity contribution in [3.05, 3.63) is 81.2 Å². The lowest BCUT2D eigenvalue weighted by Gasteiger charge is -2.40. The summed E-state index contributed by atoms with van der Waals surface area (Å²) in [6, 6.07) is 11.6. The normalized spacial score (nSPS) is 17.5. The summed E-state index contributed by atoms with van der Waals surface area (Å²) in [6.07, 6.45) is 3.25. The zero-order valence-electron chi connectivity index (χ0n) is 18.9. The van der Waals surface area contributed by atoms with Crippen molar-refractivity contribution in [3.63, 3.8) is 0 Å². The first kappa shape index (κ1) is 20.8. The van der Waals surface area contributed by atoms with Crippen LogP contribution in [0.15, 0.2) is 42.5 Å². The van der Waals surface area contributed by atoms with Crippen LogP contribution in [-0.4, -0.2) is 32.5 Å². The average Bonchev–Trinajstić information content (AvgIpc) is 3.30. The first-order valence-electron chi connectivity index (χ1n) is 11.2. The number of halogens is 2. The second kappa shape index (κ2) is 7.94. The predicted octanol–water partition coefficient (Wildman–Crippen LogP) is 3.46. The van der Waals surface area contributed by atoms with Crippen LogP contribution in [0.4, 0.5) is 8.78 Å². The third-order valence-electron chi connectivity index (χ3n) is 6.85. The standard InChI is InChI=1S/C27H23F2NO4/c1-31-23-6-5-18-20(9-16-3-4-17(28)11-22(16)29)26-19-12-25-24(33-14-34-25)10-15(19)7-8-30(26)13-21(18)27(23)32-2/h3-6,10-13,26H,7-9,14H2,1-2H3. The van der Waals surface area contributed by atoms with Crippen LogP contribution >= 0.6 is 0 Å². The minimum absolute atomic E-state index is 0.131. The van der Waals surface area contributed by atoms with Gasteiger partial charge in [-0.05, 0) is 64.6 Å². The minimum Gasteiger partial charge on any atom is -0.493 e. The summed E-state index contributed by atoms with van der Waals surface area (Å²) >= 11 is 0. The van der Waals surface area contributed by atoms with Gasteiger partial charge in [-0.15, -0.1) is 0 Å². The molecular weight excluding hydrogens is 440 g/mol. The van der Waals surface area contributed by atoms with Gasteiger partial charge in [0.25, 0.3) is 0 Å². The van der Waals surface area contributed by atoms with E-state index in [1.54, 1.807) is 14.2 Å². The Hall–Kier alpha value is -3.74. The van der Waals surface area contributed by atoms with Crippen molar-refractivity contribution in [1.29, 1.82) is 0 Å². The minimum atomic E-state index is -0.590. The molecule has 6 rings (SSSR count). The molecular formula is C27H23F2NO4. The Balaban J connectivity index is 1.61. The smallest absolute Gasteiger partial charge is 0.231 e. The van der Waals surface area contributed by atoms with Gasteiger partial charge >= 0.3 is 0 Å². The molecule has 34 heavy (non-hydrogen) atoms. The number of ether oxygens (including phenoxy) is 4. The molecule has 3 aliphatic heterocycles. The lowest BCUT2D eigenvalue weighted by Crippen LogP contribution is -2.44. The van der Waals surface area contributed by atoms with Gasteiger partial charge in [0, 0.05) is 24.0 Å². The predicted molar refractivity (Wildman–Crippen MR) is 122 cm³/mol. The van der Waals surface area contributed by atoms with Crippen LogP contribution in [0.1, 0.15) is 22.7 Å². The van der Waals surface area contributed by atoms with Gasteiger partial charge in [0.15, 0.2) is 23.0 Å². The maximum atomic E-state index is 14.8. The van der Waals surface area contributed by atoms with Crippen molar-refractivity contribution in [3.8, 4) is 23.0 Å². The van der Waals surface area contributed by atoms with E-state index < -0.39 is 11.6 Å². The van der Waals surface area contributed by atoms with Crippen LogP contribution in [0, 0.1) is 11.6 Å². The molecule has 0 saturated carbocycles. The molecule has 5 nitrogen and oxygen atoms in total. The van der Waals surface area contributed by atoms with Crippen molar-refractivity contribution in [1.82, 2.24) is 4.90 Å². The van der Waals surface area contributed by atoms with E-state index in [-0.39, 0.29) is 12.8 Å². The SMILES string of the molecule is COc1ccc2c(c1OC)=CN1CCc3cc4c(cc3C1C=2Cc1ccc(F)cc1F)OCO4. The van der Waals surface area contributed by atoms with E-state index in [2.05, 4.69) is 17.2 Å². The second-order valence-corrected chi connectivity index (χ2v) is 8.62. The summed E-state index contributed by atoms with van der Waals surface area (Å²) < 4.78 is 50.9. The molecule has 1 atom stereocenters. The number of fused-ring (bicyclic) bond motifs is 5. The first-order chi connectivity index (χ1) is 16.6. The molecule has 3 aromatic carbocycles. The van der Waals surface area contributed by atoms with Gasteiger partial charge in [-0.2, -0.15) is 0 Å². The number of benzene rings is 3. The number of hydrogen-bond donors (Lipinski definition) is 0. The molecule has 0 spiro atoms. The highest BCUT2D eigenvalue weighted by atomic mass is 19.1. The molecule has 0 N–H and O–H groups in total. The van der Waals surface area contributed by atoms with Crippen molar-refractivity contribution >= 4 is 11.8 Å². The van der Waals surface area contributed by atoms with E-state index in [1.807, 2.05) is 18.2 Å². The molecule has 0 radical (unpaired) electrons. The summed E-state index contributed by atoms with van der Waals surface area (Å²) in [4.78, 5) is 2.26. The fraction of sp³-hybridized carbons (Fsp3) is 0.259. The third-order valence-corrected chi connectivity index (χ3v) is 6.85. The van der Waals surface area contributed by atoms with Crippen LogP contribution in [0.5, 0.6) is 23.0 Å². The first-order valence-corrected chi connectivity index (χ1v) is 11.2. The topological polar surface area (TPSA) is 40.2 Å². The molecule has 0 aliphatic carbocycles. The molecule has 0 fully saturated rings. The van der Waals surface area contributed by atoms with Crippen LogP contribution in [0.2, 0.25) is 0 Å². The summed E-state index contributed by atoms with van der Waals surface area (Å²) in [6.45, 7) is 0.975. The molecule has 7 heteroatoms. The van der Waals surface area contributed by atoms with E-state index in [9.17, 15) is 8.78 Å². The Morgan fingerprint density at radius 1 is 1.00 bits per heavy atom. The van der Waals surface area contributed by atoms with E-state index in [0.717, 1.165) is 46.4 Å². The maximum Gasteiger partial charge on any atom is 0.231 e. The average molecular weight is 463 g/mol.